The van der Waals surface area contributed by atoms with Crippen LogP contribution in [-0.4, -0.2) is 22.3 Å². The van der Waals surface area contributed by atoms with Crippen molar-refractivity contribution in [3.63, 3.8) is 0 Å². The Kier molecular flexibility index (Phi) is 23.3. The molecule has 0 aliphatic carbocycles. The van der Waals surface area contributed by atoms with Crippen molar-refractivity contribution in [1.29, 1.82) is 0 Å². The molecule has 1 saturated heterocycles. The van der Waals surface area contributed by atoms with Crippen LogP contribution < -0.4 is 0 Å². The first-order chi connectivity index (χ1) is 19.5. The van der Waals surface area contributed by atoms with Gasteiger partial charge in [-0.2, -0.15) is 0 Å². The minimum Gasteiger partial charge on any atom is -0.481 e. The second-order valence-corrected chi connectivity index (χ2v) is 13.5. The lowest BCUT2D eigenvalue weighted by atomic mass is 9.80. The summed E-state index contributed by atoms with van der Waals surface area (Å²) in [4.78, 5) is 23.1. The zero-order valence-electron chi connectivity index (χ0n) is 27.4. The van der Waals surface area contributed by atoms with E-state index in [-0.39, 0.29) is 12.0 Å². The molecule has 0 aromatic heterocycles. The Morgan fingerprint density at radius 1 is 0.525 bits per heavy atom. The zero-order chi connectivity index (χ0) is 29.2. The van der Waals surface area contributed by atoms with Crippen LogP contribution in [0.2, 0.25) is 0 Å². The molecule has 0 spiro atoms. The Bertz CT molecular complexity index is 547. The lowest BCUT2D eigenvalue weighted by Gasteiger charge is -2.27. The first-order valence-corrected chi connectivity index (χ1v) is 18.0. The van der Waals surface area contributed by atoms with Gasteiger partial charge in [-0.15, -0.1) is 0 Å². The van der Waals surface area contributed by atoms with Gasteiger partial charge in [0.15, 0.2) is 0 Å². The highest BCUT2D eigenvalue weighted by Crippen LogP contribution is 2.44. The van der Waals surface area contributed by atoms with Crippen molar-refractivity contribution in [1.82, 2.24) is 0 Å². The maximum absolute atomic E-state index is 11.4. The fraction of sp³-hybridized carbons (Fsp3) is 0.972. The smallest absolute Gasteiger partial charge is 0.306 e. The minimum absolute atomic E-state index is 0.0198. The second-order valence-electron chi connectivity index (χ2n) is 13.5. The van der Waals surface area contributed by atoms with Gasteiger partial charge in [-0.05, 0) is 19.8 Å². The molecule has 1 rings (SSSR count). The van der Waals surface area contributed by atoms with Gasteiger partial charge in [-0.1, -0.05) is 181 Å². The molecule has 238 valence electrons. The van der Waals surface area contributed by atoms with Crippen LogP contribution in [-0.2, 0) is 14.6 Å². The molecule has 0 radical (unpaired) electrons. The van der Waals surface area contributed by atoms with Gasteiger partial charge >= 0.3 is 5.97 Å². The normalized spacial score (nSPS) is 18.5. The second kappa shape index (κ2) is 24.9. The number of carboxylic acid groups (broad SMARTS) is 1. The largest absolute Gasteiger partial charge is 0.481 e. The van der Waals surface area contributed by atoms with E-state index in [4.69, 9.17) is 9.78 Å². The molecular weight excluding hydrogens is 496 g/mol. The average Bonchev–Trinajstić information content (AvgIpc) is 3.24. The van der Waals surface area contributed by atoms with Gasteiger partial charge in [0.05, 0.1) is 6.42 Å². The summed E-state index contributed by atoms with van der Waals surface area (Å²) in [6.07, 6.45) is 38.0. The molecule has 0 amide bonds. The summed E-state index contributed by atoms with van der Waals surface area (Å²) in [5.74, 6) is -0.802. The molecule has 1 N–H and O–H groups in total. The highest BCUT2D eigenvalue weighted by Gasteiger charge is 2.49. The number of carbonyl (C=O) groups is 1. The molecule has 0 saturated carbocycles. The summed E-state index contributed by atoms with van der Waals surface area (Å²) >= 11 is 0. The SMILES string of the molecule is CCCCCCCCCCCCCCCC1(CCCCCCCCCCCCCCC)C[C@](C)(CC(=O)O)OO1. The van der Waals surface area contributed by atoms with Gasteiger partial charge in [0.25, 0.3) is 0 Å². The molecule has 0 unspecified atom stereocenters. The Morgan fingerprint density at radius 2 is 0.825 bits per heavy atom. The van der Waals surface area contributed by atoms with Crippen molar-refractivity contribution in [2.45, 2.75) is 225 Å². The minimum atomic E-state index is -0.802. The number of hydrogen-bond donors (Lipinski definition) is 1. The first kappa shape index (κ1) is 37.4. The van der Waals surface area contributed by atoms with Crippen LogP contribution in [0.3, 0.4) is 0 Å². The zero-order valence-corrected chi connectivity index (χ0v) is 27.4. The van der Waals surface area contributed by atoms with Gasteiger partial charge in [0, 0.05) is 6.42 Å². The number of hydrogen-bond acceptors (Lipinski definition) is 3. The van der Waals surface area contributed by atoms with Gasteiger partial charge in [0.2, 0.25) is 0 Å². The molecule has 1 aliphatic rings. The molecule has 4 nitrogen and oxygen atoms in total. The highest BCUT2D eigenvalue weighted by molar-refractivity contribution is 5.68. The summed E-state index contributed by atoms with van der Waals surface area (Å²) in [5.41, 5.74) is -0.987. The summed E-state index contributed by atoms with van der Waals surface area (Å²) in [6.45, 7) is 6.48. The van der Waals surface area contributed by atoms with E-state index in [2.05, 4.69) is 13.8 Å². The quantitative estimate of drug-likeness (QED) is 0.0694. The lowest BCUT2D eigenvalue weighted by molar-refractivity contribution is -0.349. The van der Waals surface area contributed by atoms with E-state index in [1.54, 1.807) is 0 Å². The van der Waals surface area contributed by atoms with Crippen LogP contribution >= 0.6 is 0 Å². The van der Waals surface area contributed by atoms with Gasteiger partial charge in [-0.3, -0.25) is 4.79 Å². The molecule has 1 heterocycles. The van der Waals surface area contributed by atoms with Crippen LogP contribution in [0.1, 0.15) is 213 Å². The fourth-order valence-electron chi connectivity index (χ4n) is 6.66. The van der Waals surface area contributed by atoms with E-state index in [0.29, 0.717) is 6.42 Å². The van der Waals surface area contributed by atoms with Crippen molar-refractivity contribution in [3.05, 3.63) is 0 Å². The molecule has 1 fully saturated rings. The fourth-order valence-corrected chi connectivity index (χ4v) is 6.66. The molecule has 0 aromatic carbocycles. The third-order valence-electron chi connectivity index (χ3n) is 9.11. The van der Waals surface area contributed by atoms with Crippen LogP contribution in [0.4, 0.5) is 0 Å². The van der Waals surface area contributed by atoms with Gasteiger partial charge in [-0.25, -0.2) is 9.78 Å². The standard InChI is InChI=1S/C36H70O4/c1-4-6-8-10-12-14-16-18-20-22-24-26-28-30-36(33-35(3,39-40-36)32-34(37)38)31-29-27-25-23-21-19-17-15-13-11-9-7-5-2/h4-33H2,1-3H3,(H,37,38)/t35-/m0/s1. The molecule has 40 heavy (non-hydrogen) atoms. The molecule has 1 atom stereocenters. The van der Waals surface area contributed by atoms with Gasteiger partial charge < -0.3 is 5.11 Å². The van der Waals surface area contributed by atoms with Crippen LogP contribution in [0.5, 0.6) is 0 Å². The molecule has 0 bridgehead atoms. The Hall–Kier alpha value is -0.610. The lowest BCUT2D eigenvalue weighted by Crippen LogP contribution is -2.32. The van der Waals surface area contributed by atoms with Crippen molar-refractivity contribution in [2.75, 3.05) is 0 Å². The summed E-state index contributed by atoms with van der Waals surface area (Å²) < 4.78 is 0. The highest BCUT2D eigenvalue weighted by atomic mass is 17.2. The van der Waals surface area contributed by atoms with E-state index in [1.807, 2.05) is 6.92 Å². The number of carboxylic acids is 1. The van der Waals surface area contributed by atoms with Crippen molar-refractivity contribution in [3.8, 4) is 0 Å². The van der Waals surface area contributed by atoms with Crippen molar-refractivity contribution in [2.24, 2.45) is 0 Å². The van der Waals surface area contributed by atoms with Crippen LogP contribution in [0.15, 0.2) is 0 Å². The van der Waals surface area contributed by atoms with E-state index >= 15 is 0 Å². The van der Waals surface area contributed by atoms with Crippen LogP contribution in [0, 0.1) is 0 Å². The predicted molar refractivity (Wildman–Crippen MR) is 171 cm³/mol. The maximum Gasteiger partial charge on any atom is 0.306 e. The summed E-state index contributed by atoms with van der Waals surface area (Å²) in [7, 11) is 0. The molecule has 0 aromatic rings. The number of aliphatic carboxylic acids is 1. The van der Waals surface area contributed by atoms with E-state index < -0.39 is 11.6 Å². The molecular formula is C36H70O4. The van der Waals surface area contributed by atoms with E-state index in [1.165, 1.54) is 154 Å². The van der Waals surface area contributed by atoms with E-state index in [0.717, 1.165) is 25.7 Å². The monoisotopic (exact) mass is 567 g/mol. The number of rotatable bonds is 30. The predicted octanol–water partition coefficient (Wildman–Crippen LogP) is 12.3. The van der Waals surface area contributed by atoms with Crippen molar-refractivity contribution < 1.29 is 19.7 Å². The Balaban J connectivity index is 2.18. The molecule has 1 aliphatic heterocycles. The summed E-state index contributed by atoms with van der Waals surface area (Å²) in [6, 6.07) is 0. The maximum atomic E-state index is 11.4. The third kappa shape index (κ3) is 20.3. The Morgan fingerprint density at radius 3 is 1.12 bits per heavy atom. The number of unbranched alkanes of at least 4 members (excludes halogenated alkanes) is 24. The third-order valence-corrected chi connectivity index (χ3v) is 9.11. The van der Waals surface area contributed by atoms with Crippen molar-refractivity contribution >= 4 is 5.97 Å². The van der Waals surface area contributed by atoms with E-state index in [9.17, 15) is 9.90 Å². The van der Waals surface area contributed by atoms with Gasteiger partial charge in [0.1, 0.15) is 11.2 Å². The Labute approximate surface area is 250 Å². The topological polar surface area (TPSA) is 55.8 Å². The van der Waals surface area contributed by atoms with Crippen LogP contribution in [0.25, 0.3) is 0 Å². The average molecular weight is 567 g/mol. The first-order valence-electron chi connectivity index (χ1n) is 18.0. The molecule has 4 heteroatoms. The summed E-state index contributed by atoms with van der Waals surface area (Å²) in [5, 5.41) is 9.37.